The third-order valence-electron chi connectivity index (χ3n) is 5.98. The summed E-state index contributed by atoms with van der Waals surface area (Å²) in [6, 6.07) is 15.2. The first-order chi connectivity index (χ1) is 12.7. The fraction of sp³-hybridized carbons (Fsp3) is 0.417. The van der Waals surface area contributed by atoms with E-state index in [1.807, 2.05) is 0 Å². The van der Waals surface area contributed by atoms with Crippen molar-refractivity contribution in [3.05, 3.63) is 59.2 Å². The summed E-state index contributed by atoms with van der Waals surface area (Å²) < 4.78 is 6.00. The fourth-order valence-electron chi connectivity index (χ4n) is 4.33. The van der Waals surface area contributed by atoms with E-state index in [0.29, 0.717) is 12.0 Å². The SMILES string of the molecule is CCC(C)OCC1CCc2c(ccc3c2c(CO)cc2ccccc23)C1. The van der Waals surface area contributed by atoms with Gasteiger partial charge in [0.05, 0.1) is 19.3 Å². The smallest absolute Gasteiger partial charge is 0.0688 e. The van der Waals surface area contributed by atoms with E-state index in [-0.39, 0.29) is 6.61 Å². The molecule has 2 atom stereocenters. The second kappa shape index (κ2) is 7.38. The van der Waals surface area contributed by atoms with Gasteiger partial charge in [-0.15, -0.1) is 0 Å². The zero-order valence-corrected chi connectivity index (χ0v) is 15.8. The number of aliphatic hydroxyl groups excluding tert-OH is 1. The van der Waals surface area contributed by atoms with Gasteiger partial charge in [-0.25, -0.2) is 0 Å². The highest BCUT2D eigenvalue weighted by Gasteiger charge is 2.22. The summed E-state index contributed by atoms with van der Waals surface area (Å²) >= 11 is 0. The zero-order valence-electron chi connectivity index (χ0n) is 15.8. The van der Waals surface area contributed by atoms with Crippen LogP contribution in [0.1, 0.15) is 43.4 Å². The molecule has 2 heteroatoms. The molecule has 0 radical (unpaired) electrons. The van der Waals surface area contributed by atoms with Gasteiger partial charge in [0.1, 0.15) is 0 Å². The molecule has 1 N–H and O–H groups in total. The topological polar surface area (TPSA) is 29.5 Å². The largest absolute Gasteiger partial charge is 0.392 e. The van der Waals surface area contributed by atoms with Crippen molar-refractivity contribution in [1.29, 1.82) is 0 Å². The molecule has 0 amide bonds. The van der Waals surface area contributed by atoms with Crippen molar-refractivity contribution < 1.29 is 9.84 Å². The summed E-state index contributed by atoms with van der Waals surface area (Å²) in [5.74, 6) is 0.604. The maximum Gasteiger partial charge on any atom is 0.0688 e. The third kappa shape index (κ3) is 3.13. The molecule has 0 heterocycles. The van der Waals surface area contributed by atoms with Crippen molar-refractivity contribution >= 4 is 21.5 Å². The zero-order chi connectivity index (χ0) is 18.1. The van der Waals surface area contributed by atoms with E-state index in [2.05, 4.69) is 56.3 Å². The maximum absolute atomic E-state index is 10.0. The Labute approximate surface area is 155 Å². The van der Waals surface area contributed by atoms with Crippen LogP contribution in [0.25, 0.3) is 21.5 Å². The number of ether oxygens (including phenoxy) is 1. The molecule has 2 nitrogen and oxygen atoms in total. The van der Waals surface area contributed by atoms with Gasteiger partial charge in [-0.05, 0) is 82.8 Å². The van der Waals surface area contributed by atoms with Gasteiger partial charge in [0.25, 0.3) is 0 Å². The molecule has 0 saturated heterocycles. The van der Waals surface area contributed by atoms with Crippen molar-refractivity contribution in [3.63, 3.8) is 0 Å². The minimum Gasteiger partial charge on any atom is -0.392 e. The average Bonchev–Trinajstić information content (AvgIpc) is 2.70. The highest BCUT2D eigenvalue weighted by atomic mass is 16.5. The third-order valence-corrected chi connectivity index (χ3v) is 5.98. The van der Waals surface area contributed by atoms with Crippen LogP contribution in [0, 0.1) is 5.92 Å². The number of rotatable bonds is 5. The van der Waals surface area contributed by atoms with Crippen molar-refractivity contribution in [2.45, 2.75) is 52.2 Å². The van der Waals surface area contributed by atoms with E-state index < -0.39 is 0 Å². The van der Waals surface area contributed by atoms with E-state index in [1.54, 1.807) is 0 Å². The predicted octanol–water partition coefficient (Wildman–Crippen LogP) is 5.41. The van der Waals surface area contributed by atoms with E-state index in [9.17, 15) is 5.11 Å². The van der Waals surface area contributed by atoms with Crippen LogP contribution >= 0.6 is 0 Å². The first kappa shape index (κ1) is 17.5. The summed E-state index contributed by atoms with van der Waals surface area (Å²) in [4.78, 5) is 0. The Balaban J connectivity index is 1.74. The van der Waals surface area contributed by atoms with Gasteiger partial charge in [-0.2, -0.15) is 0 Å². The van der Waals surface area contributed by atoms with Crippen LogP contribution in [0.15, 0.2) is 42.5 Å². The molecule has 3 aromatic rings. The number of aryl methyl sites for hydroxylation is 1. The molecule has 26 heavy (non-hydrogen) atoms. The first-order valence-corrected chi connectivity index (χ1v) is 9.88. The standard InChI is InChI=1S/C24H28O2/c1-3-16(2)26-15-17-8-10-22-19(12-17)9-11-23-21-7-5-4-6-18(21)13-20(14-25)24(22)23/h4-7,9,11,13,16-17,25H,3,8,10,12,14-15H2,1-2H3. The first-order valence-electron chi connectivity index (χ1n) is 9.88. The summed E-state index contributed by atoms with van der Waals surface area (Å²) in [7, 11) is 0. The molecule has 136 valence electrons. The molecular weight excluding hydrogens is 320 g/mol. The van der Waals surface area contributed by atoms with Crippen molar-refractivity contribution in [3.8, 4) is 0 Å². The lowest BCUT2D eigenvalue weighted by atomic mass is 9.80. The molecule has 0 fully saturated rings. The molecule has 2 unspecified atom stereocenters. The fourth-order valence-corrected chi connectivity index (χ4v) is 4.33. The minimum absolute atomic E-state index is 0.0956. The van der Waals surface area contributed by atoms with Crippen LogP contribution in [0.2, 0.25) is 0 Å². The molecule has 0 aliphatic heterocycles. The van der Waals surface area contributed by atoms with Crippen LogP contribution in [0.3, 0.4) is 0 Å². The lowest BCUT2D eigenvalue weighted by molar-refractivity contribution is 0.0350. The van der Waals surface area contributed by atoms with E-state index >= 15 is 0 Å². The Morgan fingerprint density at radius 1 is 1.15 bits per heavy atom. The van der Waals surface area contributed by atoms with Crippen molar-refractivity contribution in [2.24, 2.45) is 5.92 Å². The highest BCUT2D eigenvalue weighted by molar-refractivity contribution is 6.10. The van der Waals surface area contributed by atoms with Crippen LogP contribution < -0.4 is 0 Å². The number of fused-ring (bicyclic) bond motifs is 5. The molecule has 1 aliphatic carbocycles. The number of aliphatic hydroxyl groups is 1. The molecule has 0 bridgehead atoms. The summed E-state index contributed by atoms with van der Waals surface area (Å²) in [5.41, 5.74) is 3.94. The van der Waals surface area contributed by atoms with Gasteiger partial charge < -0.3 is 9.84 Å². The lowest BCUT2D eigenvalue weighted by Gasteiger charge is -2.27. The van der Waals surface area contributed by atoms with Gasteiger partial charge in [0.2, 0.25) is 0 Å². The Morgan fingerprint density at radius 2 is 2.00 bits per heavy atom. The molecular formula is C24H28O2. The molecule has 1 aliphatic rings. The highest BCUT2D eigenvalue weighted by Crippen LogP contribution is 2.37. The molecule has 0 spiro atoms. The second-order valence-corrected chi connectivity index (χ2v) is 7.70. The maximum atomic E-state index is 10.0. The summed E-state index contributed by atoms with van der Waals surface area (Å²) in [5, 5.41) is 15.1. The number of hydrogen-bond donors (Lipinski definition) is 1. The van der Waals surface area contributed by atoms with Gasteiger partial charge in [0.15, 0.2) is 0 Å². The minimum atomic E-state index is 0.0956. The second-order valence-electron chi connectivity index (χ2n) is 7.70. The normalized spacial score (nSPS) is 18.2. The molecule has 0 aromatic heterocycles. The van der Waals surface area contributed by atoms with Gasteiger partial charge in [-0.3, -0.25) is 0 Å². The quantitative estimate of drug-likeness (QED) is 0.625. The van der Waals surface area contributed by atoms with E-state index in [1.165, 1.54) is 39.1 Å². The Bertz CT molecular complexity index is 928. The van der Waals surface area contributed by atoms with Crippen molar-refractivity contribution in [2.75, 3.05) is 6.61 Å². The number of hydrogen-bond acceptors (Lipinski definition) is 2. The number of benzene rings is 3. The lowest BCUT2D eigenvalue weighted by Crippen LogP contribution is -2.22. The van der Waals surface area contributed by atoms with Crippen LogP contribution in [-0.4, -0.2) is 17.8 Å². The van der Waals surface area contributed by atoms with Crippen molar-refractivity contribution in [1.82, 2.24) is 0 Å². The van der Waals surface area contributed by atoms with Gasteiger partial charge in [-0.1, -0.05) is 43.3 Å². The van der Waals surface area contributed by atoms with Crippen LogP contribution in [-0.2, 0) is 24.2 Å². The van der Waals surface area contributed by atoms with E-state index in [0.717, 1.165) is 31.4 Å². The predicted molar refractivity (Wildman–Crippen MR) is 109 cm³/mol. The molecule has 0 saturated carbocycles. The molecule has 3 aromatic carbocycles. The summed E-state index contributed by atoms with van der Waals surface area (Å²) in [6.45, 7) is 5.28. The average molecular weight is 348 g/mol. The molecule has 4 rings (SSSR count). The van der Waals surface area contributed by atoms with Crippen LogP contribution in [0.4, 0.5) is 0 Å². The Morgan fingerprint density at radius 3 is 2.81 bits per heavy atom. The van der Waals surface area contributed by atoms with Gasteiger partial charge in [0, 0.05) is 0 Å². The Hall–Kier alpha value is -1.90. The van der Waals surface area contributed by atoms with E-state index in [4.69, 9.17) is 4.74 Å². The van der Waals surface area contributed by atoms with Crippen LogP contribution in [0.5, 0.6) is 0 Å². The Kier molecular flexibility index (Phi) is 4.97. The summed E-state index contributed by atoms with van der Waals surface area (Å²) in [6.07, 6.45) is 4.74. The van der Waals surface area contributed by atoms with Gasteiger partial charge >= 0.3 is 0 Å². The monoisotopic (exact) mass is 348 g/mol.